The van der Waals surface area contributed by atoms with E-state index in [9.17, 15) is 14.7 Å². The number of nitrogens with one attached hydrogen (secondary N) is 1. The zero-order valence-corrected chi connectivity index (χ0v) is 15.3. The van der Waals surface area contributed by atoms with E-state index < -0.39 is 11.2 Å². The van der Waals surface area contributed by atoms with Gasteiger partial charge >= 0.3 is 5.69 Å². The highest BCUT2D eigenvalue weighted by atomic mass is 16.3. The summed E-state index contributed by atoms with van der Waals surface area (Å²) in [4.78, 5) is 29.7. The number of hydrogen-bond acceptors (Lipinski definition) is 4. The lowest BCUT2D eigenvalue weighted by atomic mass is 10.2. The van der Waals surface area contributed by atoms with Crippen LogP contribution in [0.5, 0.6) is 5.88 Å². The Morgan fingerprint density at radius 2 is 1.62 bits per heavy atom. The number of aromatic hydroxyl groups is 1. The van der Waals surface area contributed by atoms with Gasteiger partial charge < -0.3 is 10.4 Å². The van der Waals surface area contributed by atoms with Crippen LogP contribution in [0.2, 0.25) is 0 Å². The van der Waals surface area contributed by atoms with E-state index >= 15 is 0 Å². The van der Waals surface area contributed by atoms with Crippen molar-refractivity contribution < 1.29 is 5.11 Å². The second-order valence-electron chi connectivity index (χ2n) is 5.65. The smallest absolute Gasteiger partial charge is 0.333 e. The molecule has 1 aromatic rings. The molecule has 0 aliphatic carbocycles. The topological polar surface area (TPSA) is 88.6 Å². The van der Waals surface area contributed by atoms with E-state index in [0.717, 1.165) is 25.7 Å². The van der Waals surface area contributed by atoms with Crippen molar-refractivity contribution in [1.82, 2.24) is 14.5 Å². The highest BCUT2D eigenvalue weighted by molar-refractivity contribution is 6.00. The first-order chi connectivity index (χ1) is 11.5. The molecule has 0 bridgehead atoms. The molecule has 7 heteroatoms. The molecule has 0 aliphatic rings. The molecule has 0 atom stereocenters. The monoisotopic (exact) mass is 338 g/mol. The Labute approximate surface area is 143 Å². The SMILES string of the molecule is CCCCn1c(O)c(C(=NCC)NCC)c(=O)n(CCCC)c1=O. The minimum absolute atomic E-state index is 0.0884. The molecule has 0 amide bonds. The number of amidine groups is 1. The Kier molecular flexibility index (Phi) is 8.29. The molecule has 0 saturated heterocycles. The molecule has 0 fully saturated rings. The van der Waals surface area contributed by atoms with E-state index in [2.05, 4.69) is 10.3 Å². The second-order valence-corrected chi connectivity index (χ2v) is 5.65. The van der Waals surface area contributed by atoms with Gasteiger partial charge in [0.15, 0.2) is 0 Å². The fourth-order valence-electron chi connectivity index (χ4n) is 2.48. The van der Waals surface area contributed by atoms with Gasteiger partial charge in [0.25, 0.3) is 5.56 Å². The molecule has 0 aromatic carbocycles. The van der Waals surface area contributed by atoms with Gasteiger partial charge in [-0.2, -0.15) is 0 Å². The van der Waals surface area contributed by atoms with Crippen LogP contribution in [0.3, 0.4) is 0 Å². The first kappa shape index (κ1) is 20.0. The fraction of sp³-hybridized carbons (Fsp3) is 0.706. The van der Waals surface area contributed by atoms with Crippen LogP contribution in [0.25, 0.3) is 0 Å². The lowest BCUT2D eigenvalue weighted by Crippen LogP contribution is -2.44. The van der Waals surface area contributed by atoms with Crippen molar-refractivity contribution in [1.29, 1.82) is 0 Å². The van der Waals surface area contributed by atoms with Crippen molar-refractivity contribution >= 4 is 5.84 Å². The van der Waals surface area contributed by atoms with E-state index in [-0.39, 0.29) is 11.4 Å². The first-order valence-electron chi connectivity index (χ1n) is 8.88. The fourth-order valence-corrected chi connectivity index (χ4v) is 2.48. The molecule has 0 spiro atoms. The van der Waals surface area contributed by atoms with Gasteiger partial charge in [0, 0.05) is 26.2 Å². The highest BCUT2D eigenvalue weighted by Crippen LogP contribution is 2.13. The summed E-state index contributed by atoms with van der Waals surface area (Å²) >= 11 is 0. The summed E-state index contributed by atoms with van der Waals surface area (Å²) in [5, 5.41) is 13.6. The Morgan fingerprint density at radius 1 is 1.04 bits per heavy atom. The Hall–Kier alpha value is -2.05. The van der Waals surface area contributed by atoms with E-state index in [1.807, 2.05) is 27.7 Å². The van der Waals surface area contributed by atoms with Crippen LogP contribution in [0.15, 0.2) is 14.6 Å². The molecular weight excluding hydrogens is 308 g/mol. The second kappa shape index (κ2) is 9.95. The zero-order valence-electron chi connectivity index (χ0n) is 15.3. The molecular formula is C17H30N4O3. The number of unbranched alkanes of at least 4 members (excludes halogenated alkanes) is 2. The predicted molar refractivity (Wildman–Crippen MR) is 97.2 cm³/mol. The van der Waals surface area contributed by atoms with Crippen molar-refractivity contribution in [2.24, 2.45) is 4.99 Å². The Balaban J connectivity index is 3.63. The molecule has 24 heavy (non-hydrogen) atoms. The maximum atomic E-state index is 12.8. The van der Waals surface area contributed by atoms with Crippen molar-refractivity contribution in [3.8, 4) is 5.88 Å². The van der Waals surface area contributed by atoms with Crippen LogP contribution >= 0.6 is 0 Å². The third-order valence-corrected chi connectivity index (χ3v) is 3.77. The molecule has 0 saturated carbocycles. The van der Waals surface area contributed by atoms with Gasteiger partial charge in [0.05, 0.1) is 0 Å². The van der Waals surface area contributed by atoms with Crippen molar-refractivity contribution in [2.75, 3.05) is 13.1 Å². The molecule has 1 heterocycles. The summed E-state index contributed by atoms with van der Waals surface area (Å²) in [5.41, 5.74) is -0.840. The average molecular weight is 338 g/mol. The lowest BCUT2D eigenvalue weighted by molar-refractivity contribution is 0.380. The minimum atomic E-state index is -0.480. The Bertz CT molecular complexity index is 674. The normalized spacial score (nSPS) is 11.8. The Morgan fingerprint density at radius 3 is 2.12 bits per heavy atom. The molecule has 2 N–H and O–H groups in total. The summed E-state index contributed by atoms with van der Waals surface area (Å²) < 4.78 is 2.51. The molecule has 136 valence electrons. The number of aromatic nitrogens is 2. The summed E-state index contributed by atoms with van der Waals surface area (Å²) in [6, 6.07) is 0. The van der Waals surface area contributed by atoms with E-state index in [4.69, 9.17) is 0 Å². The van der Waals surface area contributed by atoms with Crippen molar-refractivity contribution in [2.45, 2.75) is 66.5 Å². The third kappa shape index (κ3) is 4.49. The lowest BCUT2D eigenvalue weighted by Gasteiger charge is -2.17. The summed E-state index contributed by atoms with van der Waals surface area (Å²) in [6.07, 6.45) is 3.24. The minimum Gasteiger partial charge on any atom is -0.494 e. The maximum absolute atomic E-state index is 12.8. The maximum Gasteiger partial charge on any atom is 0.333 e. The summed E-state index contributed by atoms with van der Waals surface area (Å²) in [6.45, 7) is 9.54. The van der Waals surface area contributed by atoms with Crippen LogP contribution in [0, 0.1) is 0 Å². The molecule has 1 rings (SSSR count). The van der Waals surface area contributed by atoms with Gasteiger partial charge in [0.1, 0.15) is 11.4 Å². The van der Waals surface area contributed by atoms with E-state index in [1.54, 1.807) is 0 Å². The highest BCUT2D eigenvalue weighted by Gasteiger charge is 2.22. The van der Waals surface area contributed by atoms with Gasteiger partial charge in [-0.3, -0.25) is 18.9 Å². The van der Waals surface area contributed by atoms with Crippen LogP contribution in [-0.2, 0) is 13.1 Å². The number of aliphatic imine (C=N–C) groups is 1. The number of rotatable bonds is 9. The van der Waals surface area contributed by atoms with Crippen LogP contribution in [0.4, 0.5) is 0 Å². The largest absolute Gasteiger partial charge is 0.494 e. The molecule has 1 aromatic heterocycles. The van der Waals surface area contributed by atoms with Gasteiger partial charge in [-0.05, 0) is 26.7 Å². The molecule has 0 aliphatic heterocycles. The van der Waals surface area contributed by atoms with Crippen molar-refractivity contribution in [3.05, 3.63) is 26.4 Å². The standard InChI is InChI=1S/C17H30N4O3/c1-5-9-11-20-15(22)13(14(18-7-3)19-8-4)16(23)21(17(20)24)12-10-6-2/h22H,5-12H2,1-4H3,(H,18,19). The molecule has 7 nitrogen and oxygen atoms in total. The van der Waals surface area contributed by atoms with Crippen LogP contribution in [0.1, 0.15) is 58.9 Å². The van der Waals surface area contributed by atoms with Gasteiger partial charge in [-0.15, -0.1) is 0 Å². The van der Waals surface area contributed by atoms with Crippen LogP contribution < -0.4 is 16.6 Å². The number of nitrogens with zero attached hydrogens (tertiary/aromatic N) is 3. The first-order valence-corrected chi connectivity index (χ1v) is 8.88. The summed E-state index contributed by atoms with van der Waals surface area (Å²) in [5.74, 6) is 0.0531. The third-order valence-electron chi connectivity index (χ3n) is 3.77. The van der Waals surface area contributed by atoms with Crippen LogP contribution in [-0.4, -0.2) is 33.2 Å². The average Bonchev–Trinajstić information content (AvgIpc) is 2.55. The van der Waals surface area contributed by atoms with Gasteiger partial charge in [0.2, 0.25) is 5.88 Å². The quantitative estimate of drug-likeness (QED) is 0.530. The molecule has 0 unspecified atom stereocenters. The van der Waals surface area contributed by atoms with Crippen molar-refractivity contribution in [3.63, 3.8) is 0 Å². The zero-order chi connectivity index (χ0) is 18.1. The number of hydrogen-bond donors (Lipinski definition) is 2. The molecule has 0 radical (unpaired) electrons. The predicted octanol–water partition coefficient (Wildman–Crippen LogP) is 1.69. The van der Waals surface area contributed by atoms with E-state index in [1.165, 1.54) is 9.13 Å². The van der Waals surface area contributed by atoms with E-state index in [0.29, 0.717) is 32.0 Å². The summed E-state index contributed by atoms with van der Waals surface area (Å²) in [7, 11) is 0. The van der Waals surface area contributed by atoms with Gasteiger partial charge in [-0.25, -0.2) is 4.79 Å². The van der Waals surface area contributed by atoms with Gasteiger partial charge in [-0.1, -0.05) is 26.7 Å².